The van der Waals surface area contributed by atoms with Crippen molar-refractivity contribution in [3.8, 4) is 23.0 Å². The van der Waals surface area contributed by atoms with Crippen LogP contribution >= 0.6 is 0 Å². The third-order valence-corrected chi connectivity index (χ3v) is 7.25. The molecular weight excluding hydrogens is 695 g/mol. The second kappa shape index (κ2) is 19.3. The van der Waals surface area contributed by atoms with E-state index in [1.165, 1.54) is 31.4 Å². The number of hydrogen-bond acceptors (Lipinski definition) is 14. The minimum absolute atomic E-state index is 0. The average Bonchev–Trinajstić information content (AvgIpc) is 3.09. The van der Waals surface area contributed by atoms with Gasteiger partial charge in [0, 0.05) is 90.7 Å². The first-order chi connectivity index (χ1) is 23.4. The fourth-order valence-electron chi connectivity index (χ4n) is 4.54. The van der Waals surface area contributed by atoms with E-state index < -0.39 is 9.85 Å². The van der Waals surface area contributed by atoms with E-state index in [4.69, 9.17) is 4.74 Å². The number of nitro groups is 2. The van der Waals surface area contributed by atoms with E-state index >= 15 is 0 Å². The Bertz CT molecular complexity index is 1830. The van der Waals surface area contributed by atoms with E-state index in [1.54, 1.807) is 24.3 Å². The Morgan fingerprint density at radius 1 is 0.580 bits per heavy atom. The van der Waals surface area contributed by atoms with Gasteiger partial charge in [-0.2, -0.15) is 0 Å². The van der Waals surface area contributed by atoms with Crippen LogP contribution in [0.15, 0.2) is 93.3 Å². The molecule has 3 N–H and O–H groups in total. The van der Waals surface area contributed by atoms with Crippen LogP contribution in [0.4, 0.5) is 45.5 Å². The molecule has 0 saturated heterocycles. The number of phenols is 3. The molecule has 0 unspecified atom stereocenters. The summed E-state index contributed by atoms with van der Waals surface area (Å²) < 4.78 is 5.35. The molecule has 17 heteroatoms. The largest absolute Gasteiger partial charge is 0.506 e. The van der Waals surface area contributed by atoms with Crippen molar-refractivity contribution in [2.75, 3.05) is 43.1 Å². The molecular formula is C33H38CoN8O8. The molecule has 0 amide bonds. The van der Waals surface area contributed by atoms with Gasteiger partial charge in [-0.3, -0.25) is 20.2 Å². The fraction of sp³-hybridized carbons (Fsp3) is 0.273. The molecule has 16 nitrogen and oxygen atoms in total. The van der Waals surface area contributed by atoms with Crippen LogP contribution in [-0.2, 0) is 16.8 Å². The first-order valence-electron chi connectivity index (χ1n) is 15.2. The van der Waals surface area contributed by atoms with Gasteiger partial charge in [-0.1, -0.05) is 0 Å². The predicted molar refractivity (Wildman–Crippen MR) is 186 cm³/mol. The van der Waals surface area contributed by atoms with Gasteiger partial charge in [0.05, 0.1) is 17.0 Å². The van der Waals surface area contributed by atoms with Crippen molar-refractivity contribution in [2.45, 2.75) is 27.7 Å². The van der Waals surface area contributed by atoms with Crippen LogP contribution in [-0.4, -0.2) is 58.5 Å². The number of methoxy groups -OCH3 is 1. The normalized spacial score (nSPS) is 10.7. The van der Waals surface area contributed by atoms with E-state index in [9.17, 15) is 35.5 Å². The van der Waals surface area contributed by atoms with Gasteiger partial charge >= 0.3 is 0 Å². The molecule has 1 radical (unpaired) electrons. The van der Waals surface area contributed by atoms with Crippen LogP contribution in [0.5, 0.6) is 23.0 Å². The molecule has 0 aliphatic carbocycles. The van der Waals surface area contributed by atoms with Gasteiger partial charge in [0.15, 0.2) is 0 Å². The molecule has 0 atom stereocenters. The van der Waals surface area contributed by atoms with Crippen molar-refractivity contribution < 1.29 is 46.7 Å². The summed E-state index contributed by atoms with van der Waals surface area (Å²) in [6.45, 7) is 11.5. The van der Waals surface area contributed by atoms with Crippen LogP contribution in [0.25, 0.3) is 0 Å². The monoisotopic (exact) mass is 733 g/mol. The van der Waals surface area contributed by atoms with Crippen molar-refractivity contribution in [1.82, 2.24) is 0 Å². The van der Waals surface area contributed by atoms with Crippen molar-refractivity contribution in [3.05, 3.63) is 93.0 Å². The zero-order valence-electron chi connectivity index (χ0n) is 28.1. The Morgan fingerprint density at radius 3 is 1.38 bits per heavy atom. The summed E-state index contributed by atoms with van der Waals surface area (Å²) in [5.74, 6) is 0.0443. The summed E-state index contributed by atoms with van der Waals surface area (Å²) in [5.41, 5.74) is 2.12. The number of rotatable bonds is 13. The Morgan fingerprint density at radius 2 is 0.980 bits per heavy atom. The fourth-order valence-corrected chi connectivity index (χ4v) is 4.54. The summed E-state index contributed by atoms with van der Waals surface area (Å²) in [5, 5.41) is 66.8. The summed E-state index contributed by atoms with van der Waals surface area (Å²) in [7, 11) is 1.53. The van der Waals surface area contributed by atoms with Gasteiger partial charge in [0.2, 0.25) is 0 Å². The standard InChI is InChI=1S/C17H20N4O4.C16H18N4O4.Co/c1-4-20(5-2)12-6-8-14(17(11-12)25-3)18-19-15-10-13(21(23)24)7-9-16(15)22;1-3-19(4-2)11-5-7-13(16(22)10-11)17-18-14-9-12(20(23)24)6-8-15(14)21;/h6-11,22H,4-5H2,1-3H3;5-10,21-22H,3-4H2,1-2H3;. The van der Waals surface area contributed by atoms with Gasteiger partial charge in [0.1, 0.15) is 45.7 Å². The molecule has 4 aromatic rings. The first kappa shape index (κ1) is 40.4. The zero-order chi connectivity index (χ0) is 36.1. The van der Waals surface area contributed by atoms with Crippen LogP contribution in [0, 0.1) is 20.2 Å². The topological polar surface area (TPSA) is 212 Å². The Kier molecular flexibility index (Phi) is 15.5. The summed E-state index contributed by atoms with van der Waals surface area (Å²) >= 11 is 0. The molecule has 0 spiro atoms. The van der Waals surface area contributed by atoms with E-state index in [0.717, 1.165) is 49.7 Å². The average molecular weight is 734 g/mol. The number of ether oxygens (including phenoxy) is 1. The molecule has 0 fully saturated rings. The van der Waals surface area contributed by atoms with E-state index in [0.29, 0.717) is 11.4 Å². The van der Waals surface area contributed by atoms with Gasteiger partial charge in [-0.05, 0) is 64.1 Å². The SMILES string of the molecule is CCN(CC)c1ccc(N=Nc2cc([N+](=O)[O-])ccc2O)c(O)c1.CCN(CC)c1ccc(N=Nc2cc([N+](=O)[O-])ccc2O)c(OC)c1.[Co]. The maximum Gasteiger partial charge on any atom is 0.271 e. The number of benzene rings is 4. The summed E-state index contributed by atoms with van der Waals surface area (Å²) in [4.78, 5) is 24.7. The number of phenolic OH excluding ortho intramolecular Hbond substituents is 3. The van der Waals surface area contributed by atoms with Gasteiger partial charge < -0.3 is 29.9 Å². The third kappa shape index (κ3) is 10.6. The molecule has 4 aromatic carbocycles. The molecule has 4 rings (SSSR count). The second-order valence-corrected chi connectivity index (χ2v) is 10.1. The Hall–Kier alpha value is -5.81. The summed E-state index contributed by atoms with van der Waals surface area (Å²) in [6.07, 6.45) is 0. The minimum atomic E-state index is -0.588. The third-order valence-electron chi connectivity index (χ3n) is 7.25. The molecule has 0 aliphatic heterocycles. The van der Waals surface area contributed by atoms with E-state index in [1.807, 2.05) is 26.0 Å². The second-order valence-electron chi connectivity index (χ2n) is 10.1. The number of hydrogen-bond donors (Lipinski definition) is 3. The number of nitrogens with zero attached hydrogens (tertiary/aromatic N) is 8. The Balaban J connectivity index is 0.000000340. The van der Waals surface area contributed by atoms with Crippen LogP contribution in [0.2, 0.25) is 0 Å². The quantitative estimate of drug-likeness (QED) is 0.0674. The van der Waals surface area contributed by atoms with Gasteiger partial charge in [-0.15, -0.1) is 20.5 Å². The van der Waals surface area contributed by atoms with Crippen molar-refractivity contribution in [1.29, 1.82) is 0 Å². The van der Waals surface area contributed by atoms with Crippen LogP contribution < -0.4 is 14.5 Å². The van der Waals surface area contributed by atoms with Gasteiger partial charge in [0.25, 0.3) is 11.4 Å². The van der Waals surface area contributed by atoms with E-state index in [-0.39, 0.29) is 62.5 Å². The van der Waals surface area contributed by atoms with E-state index in [2.05, 4.69) is 44.1 Å². The maximum atomic E-state index is 10.8. The number of non-ortho nitro benzene ring substituents is 2. The number of azo groups is 2. The molecule has 0 aromatic heterocycles. The maximum absolute atomic E-state index is 10.8. The molecule has 267 valence electrons. The predicted octanol–water partition coefficient (Wildman–Crippen LogP) is 8.84. The molecule has 50 heavy (non-hydrogen) atoms. The van der Waals surface area contributed by atoms with Crippen LogP contribution in [0.1, 0.15) is 27.7 Å². The molecule has 0 bridgehead atoms. The van der Waals surface area contributed by atoms with Gasteiger partial charge in [-0.25, -0.2) is 0 Å². The van der Waals surface area contributed by atoms with Crippen molar-refractivity contribution in [3.63, 3.8) is 0 Å². The smallest absolute Gasteiger partial charge is 0.271 e. The van der Waals surface area contributed by atoms with Crippen molar-refractivity contribution >= 4 is 45.5 Å². The first-order valence-corrected chi connectivity index (χ1v) is 15.2. The molecule has 0 saturated carbocycles. The number of nitro benzene ring substituents is 2. The molecule has 0 heterocycles. The minimum Gasteiger partial charge on any atom is -0.506 e. The number of anilines is 2. The number of aromatic hydroxyl groups is 3. The molecule has 0 aliphatic rings. The zero-order valence-corrected chi connectivity index (χ0v) is 29.1. The van der Waals surface area contributed by atoms with Crippen LogP contribution in [0.3, 0.4) is 0 Å². The summed E-state index contributed by atoms with van der Waals surface area (Å²) in [6, 6.07) is 17.5. The van der Waals surface area contributed by atoms with Crippen molar-refractivity contribution in [2.24, 2.45) is 20.5 Å². The Labute approximate surface area is 298 Å².